The van der Waals surface area contributed by atoms with Gasteiger partial charge in [0.2, 0.25) is 10.0 Å². The Balaban J connectivity index is 2.19. The van der Waals surface area contributed by atoms with Crippen molar-refractivity contribution < 1.29 is 13.2 Å². The second-order valence-corrected chi connectivity index (χ2v) is 6.13. The van der Waals surface area contributed by atoms with Crippen LogP contribution in [0.3, 0.4) is 0 Å². The quantitative estimate of drug-likeness (QED) is 0.920. The molecule has 0 heterocycles. The molecule has 0 atom stereocenters. The van der Waals surface area contributed by atoms with Crippen molar-refractivity contribution in [1.82, 2.24) is 0 Å². The van der Waals surface area contributed by atoms with E-state index in [0.717, 1.165) is 25.7 Å². The molecule has 0 aliphatic heterocycles. The number of hydrogen-bond acceptors (Lipinski definition) is 3. The number of primary sulfonamides is 1. The minimum Gasteiger partial charge on any atom is -0.489 e. The number of nitrogens with two attached hydrogens (primary N) is 1. The van der Waals surface area contributed by atoms with Crippen molar-refractivity contribution in [2.45, 2.75) is 36.7 Å². The van der Waals surface area contributed by atoms with Crippen LogP contribution in [0, 0.1) is 0 Å². The smallest absolute Gasteiger partial charge is 0.238 e. The number of ether oxygens (including phenoxy) is 1. The summed E-state index contributed by atoms with van der Waals surface area (Å²) in [4.78, 5) is 0.00118. The molecule has 0 saturated heterocycles. The van der Waals surface area contributed by atoms with Crippen LogP contribution in [0.4, 0.5) is 0 Å². The minimum absolute atomic E-state index is 0.00118. The van der Waals surface area contributed by atoms with E-state index in [9.17, 15) is 8.42 Å². The Morgan fingerprint density at radius 1 is 1.29 bits per heavy atom. The van der Waals surface area contributed by atoms with Crippen molar-refractivity contribution in [3.63, 3.8) is 0 Å². The third-order valence-electron chi connectivity index (χ3n) is 2.83. The molecule has 0 radical (unpaired) electrons. The Hall–Kier alpha value is -0.780. The number of benzene rings is 1. The first-order valence-corrected chi connectivity index (χ1v) is 7.38. The fourth-order valence-electron chi connectivity index (χ4n) is 1.94. The molecule has 1 aliphatic rings. The van der Waals surface area contributed by atoms with Crippen LogP contribution < -0.4 is 9.88 Å². The molecular weight excluding hydrogens is 262 g/mol. The fraction of sp³-hybridized carbons (Fsp3) is 0.455. The number of sulfonamides is 1. The summed E-state index contributed by atoms with van der Waals surface area (Å²) in [5.41, 5.74) is 0. The third kappa shape index (κ3) is 3.12. The maximum Gasteiger partial charge on any atom is 0.238 e. The van der Waals surface area contributed by atoms with Crippen molar-refractivity contribution >= 4 is 21.6 Å². The Morgan fingerprint density at radius 3 is 2.47 bits per heavy atom. The Morgan fingerprint density at radius 2 is 1.94 bits per heavy atom. The van der Waals surface area contributed by atoms with Gasteiger partial charge in [-0.15, -0.1) is 0 Å². The van der Waals surface area contributed by atoms with Crippen LogP contribution in [-0.4, -0.2) is 14.5 Å². The summed E-state index contributed by atoms with van der Waals surface area (Å²) in [7, 11) is -3.71. The number of halogens is 1. The van der Waals surface area contributed by atoms with E-state index in [-0.39, 0.29) is 16.0 Å². The fourth-order valence-corrected chi connectivity index (χ4v) is 2.77. The Labute approximate surface area is 106 Å². The van der Waals surface area contributed by atoms with E-state index in [4.69, 9.17) is 21.5 Å². The molecule has 1 aromatic rings. The van der Waals surface area contributed by atoms with E-state index in [2.05, 4.69) is 0 Å². The van der Waals surface area contributed by atoms with Gasteiger partial charge in [-0.3, -0.25) is 0 Å². The predicted molar refractivity (Wildman–Crippen MR) is 65.7 cm³/mol. The molecule has 2 N–H and O–H groups in total. The Bertz CT molecular complexity index is 509. The van der Waals surface area contributed by atoms with E-state index in [1.54, 1.807) is 6.07 Å². The standard InChI is InChI=1S/C11H14ClNO3S/c12-10-7-9(17(13,14)15)5-6-11(10)16-8-3-1-2-4-8/h5-8H,1-4H2,(H2,13,14,15). The summed E-state index contributed by atoms with van der Waals surface area (Å²) in [5, 5.41) is 5.29. The lowest BCUT2D eigenvalue weighted by molar-refractivity contribution is 0.210. The first-order chi connectivity index (χ1) is 7.97. The number of hydrogen-bond donors (Lipinski definition) is 1. The van der Waals surface area contributed by atoms with Gasteiger partial charge in [-0.1, -0.05) is 11.6 Å². The van der Waals surface area contributed by atoms with Gasteiger partial charge in [0.15, 0.2) is 0 Å². The van der Waals surface area contributed by atoms with Crippen molar-refractivity contribution in [1.29, 1.82) is 0 Å². The molecular formula is C11H14ClNO3S. The summed E-state index contributed by atoms with van der Waals surface area (Å²) < 4.78 is 27.9. The van der Waals surface area contributed by atoms with Crippen molar-refractivity contribution in [3.05, 3.63) is 23.2 Å². The van der Waals surface area contributed by atoms with Crippen LogP contribution in [0.1, 0.15) is 25.7 Å². The highest BCUT2D eigenvalue weighted by molar-refractivity contribution is 7.89. The van der Waals surface area contributed by atoms with Gasteiger partial charge in [0, 0.05) is 0 Å². The molecule has 4 nitrogen and oxygen atoms in total. The largest absolute Gasteiger partial charge is 0.489 e. The van der Waals surface area contributed by atoms with Gasteiger partial charge in [-0.25, -0.2) is 13.6 Å². The van der Waals surface area contributed by atoms with Crippen LogP contribution in [0.2, 0.25) is 5.02 Å². The summed E-state index contributed by atoms with van der Waals surface area (Å²) in [5.74, 6) is 0.519. The second kappa shape index (κ2) is 4.84. The van der Waals surface area contributed by atoms with E-state index in [1.165, 1.54) is 12.1 Å². The zero-order valence-corrected chi connectivity index (χ0v) is 10.8. The summed E-state index contributed by atoms with van der Waals surface area (Å²) in [6, 6.07) is 4.28. The number of rotatable bonds is 3. The van der Waals surface area contributed by atoms with Crippen LogP contribution in [0.5, 0.6) is 5.75 Å². The molecule has 2 rings (SSSR count). The molecule has 0 amide bonds. The molecule has 1 saturated carbocycles. The van der Waals surface area contributed by atoms with Gasteiger partial charge in [0.25, 0.3) is 0 Å². The van der Waals surface area contributed by atoms with Gasteiger partial charge in [0.1, 0.15) is 5.75 Å². The molecule has 94 valence electrons. The van der Waals surface area contributed by atoms with Gasteiger partial charge in [0.05, 0.1) is 16.0 Å². The molecule has 0 bridgehead atoms. The topological polar surface area (TPSA) is 69.4 Å². The van der Waals surface area contributed by atoms with Gasteiger partial charge >= 0.3 is 0 Å². The highest BCUT2D eigenvalue weighted by Crippen LogP contribution is 2.31. The SMILES string of the molecule is NS(=O)(=O)c1ccc(OC2CCCC2)c(Cl)c1. The van der Waals surface area contributed by atoms with Crippen LogP contribution in [0.25, 0.3) is 0 Å². The first kappa shape index (κ1) is 12.7. The third-order valence-corrected chi connectivity index (χ3v) is 4.03. The van der Waals surface area contributed by atoms with Crippen LogP contribution in [-0.2, 0) is 10.0 Å². The van der Waals surface area contributed by atoms with Gasteiger partial charge < -0.3 is 4.74 Å². The van der Waals surface area contributed by atoms with Gasteiger partial charge in [-0.2, -0.15) is 0 Å². The Kier molecular flexibility index (Phi) is 3.61. The highest BCUT2D eigenvalue weighted by atomic mass is 35.5. The summed E-state index contributed by atoms with van der Waals surface area (Å²) in [6.45, 7) is 0. The normalized spacial score (nSPS) is 17.3. The van der Waals surface area contributed by atoms with Crippen LogP contribution >= 0.6 is 11.6 Å². The molecule has 0 unspecified atom stereocenters. The van der Waals surface area contributed by atoms with Crippen LogP contribution in [0.15, 0.2) is 23.1 Å². The lowest BCUT2D eigenvalue weighted by atomic mass is 10.3. The molecule has 0 aromatic heterocycles. The lowest BCUT2D eigenvalue weighted by Crippen LogP contribution is -2.13. The zero-order valence-electron chi connectivity index (χ0n) is 9.23. The van der Waals surface area contributed by atoms with E-state index < -0.39 is 10.0 Å². The summed E-state index contributed by atoms with van der Waals surface area (Å²) in [6.07, 6.45) is 4.56. The molecule has 6 heteroatoms. The second-order valence-electron chi connectivity index (χ2n) is 4.16. The average molecular weight is 276 g/mol. The summed E-state index contributed by atoms with van der Waals surface area (Å²) >= 11 is 5.97. The molecule has 1 aromatic carbocycles. The molecule has 1 fully saturated rings. The lowest BCUT2D eigenvalue weighted by Gasteiger charge is -2.14. The average Bonchev–Trinajstić information content (AvgIpc) is 2.72. The maximum atomic E-state index is 11.1. The maximum absolute atomic E-state index is 11.1. The van der Waals surface area contributed by atoms with Crippen molar-refractivity contribution in [2.24, 2.45) is 5.14 Å². The van der Waals surface area contributed by atoms with Crippen molar-refractivity contribution in [3.8, 4) is 5.75 Å². The zero-order chi connectivity index (χ0) is 12.5. The first-order valence-electron chi connectivity index (χ1n) is 5.46. The molecule has 0 spiro atoms. The van der Waals surface area contributed by atoms with E-state index in [0.29, 0.717) is 5.75 Å². The predicted octanol–water partition coefficient (Wildman–Crippen LogP) is 2.31. The molecule has 1 aliphatic carbocycles. The van der Waals surface area contributed by atoms with E-state index in [1.807, 2.05) is 0 Å². The monoisotopic (exact) mass is 275 g/mol. The minimum atomic E-state index is -3.71. The highest BCUT2D eigenvalue weighted by Gasteiger charge is 2.18. The molecule has 17 heavy (non-hydrogen) atoms. The van der Waals surface area contributed by atoms with Gasteiger partial charge in [-0.05, 0) is 43.9 Å². The van der Waals surface area contributed by atoms with E-state index >= 15 is 0 Å². The van der Waals surface area contributed by atoms with Crippen molar-refractivity contribution in [2.75, 3.05) is 0 Å².